The Morgan fingerprint density at radius 3 is 2.67 bits per heavy atom. The number of carbonyl (C=O) groups is 2. The maximum Gasteiger partial charge on any atom is 0.255 e. The zero-order chi connectivity index (χ0) is 18.8. The highest BCUT2D eigenvalue weighted by molar-refractivity contribution is 5.97. The molecular formula is C21H21N3O3. The summed E-state index contributed by atoms with van der Waals surface area (Å²) in [6.45, 7) is 3.04. The molecule has 0 spiro atoms. The summed E-state index contributed by atoms with van der Waals surface area (Å²) in [5.74, 6) is -0.422. The average Bonchev–Trinajstić information content (AvgIpc) is 3.38. The van der Waals surface area contributed by atoms with E-state index in [4.69, 9.17) is 4.42 Å². The number of hydrogen-bond acceptors (Lipinski definition) is 3. The van der Waals surface area contributed by atoms with Crippen LogP contribution in [0.1, 0.15) is 34.6 Å². The van der Waals surface area contributed by atoms with E-state index in [0.29, 0.717) is 12.1 Å². The number of fused-ring (bicyclic) bond motifs is 1. The first-order valence-electron chi connectivity index (χ1n) is 8.98. The van der Waals surface area contributed by atoms with Crippen molar-refractivity contribution in [3.05, 3.63) is 84.1 Å². The number of amides is 2. The van der Waals surface area contributed by atoms with Crippen molar-refractivity contribution in [3.63, 3.8) is 0 Å². The van der Waals surface area contributed by atoms with Gasteiger partial charge in [0.15, 0.2) is 0 Å². The standard InChI is InChI=1S/C21H21N3O3/c1-15(22-20(25)17-9-13-27-14-17)21(26)24-12-11-23-10-5-8-18(23)19(24)16-6-3-2-4-7-16/h2-10,13-15,19H,11-12H2,1H3,(H,22,25)/t15-,19+/m1/s1. The quantitative estimate of drug-likeness (QED) is 0.775. The minimum Gasteiger partial charge on any atom is -0.472 e. The molecule has 6 heteroatoms. The summed E-state index contributed by atoms with van der Waals surface area (Å²) in [7, 11) is 0. The van der Waals surface area contributed by atoms with Gasteiger partial charge in [-0.3, -0.25) is 9.59 Å². The van der Waals surface area contributed by atoms with Gasteiger partial charge in [0.05, 0.1) is 17.9 Å². The predicted octanol–water partition coefficient (Wildman–Crippen LogP) is 2.83. The number of hydrogen-bond donors (Lipinski definition) is 1. The molecule has 3 heterocycles. The highest BCUT2D eigenvalue weighted by Gasteiger charge is 2.34. The monoisotopic (exact) mass is 363 g/mol. The van der Waals surface area contributed by atoms with Gasteiger partial charge in [0.2, 0.25) is 5.91 Å². The van der Waals surface area contributed by atoms with Crippen molar-refractivity contribution in [3.8, 4) is 0 Å². The van der Waals surface area contributed by atoms with E-state index in [1.807, 2.05) is 53.6 Å². The molecule has 138 valence electrons. The molecule has 1 aliphatic rings. The number of nitrogens with zero attached hydrogens (tertiary/aromatic N) is 2. The Morgan fingerprint density at radius 1 is 1.11 bits per heavy atom. The van der Waals surface area contributed by atoms with Crippen molar-refractivity contribution in [1.29, 1.82) is 0 Å². The first-order valence-corrected chi connectivity index (χ1v) is 8.98. The summed E-state index contributed by atoms with van der Waals surface area (Å²) < 4.78 is 7.12. The third-order valence-corrected chi connectivity index (χ3v) is 4.94. The van der Waals surface area contributed by atoms with Crippen LogP contribution in [0.4, 0.5) is 0 Å². The van der Waals surface area contributed by atoms with E-state index in [-0.39, 0.29) is 17.9 Å². The lowest BCUT2D eigenvalue weighted by molar-refractivity contribution is -0.135. The lowest BCUT2D eigenvalue weighted by atomic mass is 9.99. The van der Waals surface area contributed by atoms with Crippen LogP contribution in [-0.4, -0.2) is 33.9 Å². The van der Waals surface area contributed by atoms with E-state index in [2.05, 4.69) is 9.88 Å². The van der Waals surface area contributed by atoms with Crippen LogP contribution in [0, 0.1) is 0 Å². The van der Waals surface area contributed by atoms with Gasteiger partial charge in [0, 0.05) is 25.0 Å². The van der Waals surface area contributed by atoms with E-state index in [1.54, 1.807) is 13.0 Å². The largest absolute Gasteiger partial charge is 0.472 e. The maximum absolute atomic E-state index is 13.2. The molecule has 2 atom stereocenters. The Morgan fingerprint density at radius 2 is 1.93 bits per heavy atom. The van der Waals surface area contributed by atoms with Gasteiger partial charge in [-0.2, -0.15) is 0 Å². The molecule has 2 aromatic heterocycles. The van der Waals surface area contributed by atoms with Gasteiger partial charge in [-0.05, 0) is 30.7 Å². The minimum atomic E-state index is -0.639. The van der Waals surface area contributed by atoms with E-state index in [9.17, 15) is 9.59 Å². The van der Waals surface area contributed by atoms with Crippen LogP contribution in [-0.2, 0) is 11.3 Å². The molecule has 1 aliphatic heterocycles. The Bertz CT molecular complexity index is 931. The fraction of sp³-hybridized carbons (Fsp3) is 0.238. The molecule has 0 aliphatic carbocycles. The van der Waals surface area contributed by atoms with Crippen molar-refractivity contribution in [2.75, 3.05) is 6.54 Å². The van der Waals surface area contributed by atoms with Crippen LogP contribution < -0.4 is 5.32 Å². The molecule has 0 unspecified atom stereocenters. The fourth-order valence-corrected chi connectivity index (χ4v) is 3.59. The van der Waals surface area contributed by atoms with Crippen LogP contribution in [0.3, 0.4) is 0 Å². The van der Waals surface area contributed by atoms with Crippen LogP contribution in [0.15, 0.2) is 71.7 Å². The molecule has 6 nitrogen and oxygen atoms in total. The van der Waals surface area contributed by atoms with Crippen LogP contribution in [0.2, 0.25) is 0 Å². The van der Waals surface area contributed by atoms with Crippen LogP contribution >= 0.6 is 0 Å². The second-order valence-electron chi connectivity index (χ2n) is 6.68. The van der Waals surface area contributed by atoms with E-state index in [0.717, 1.165) is 17.8 Å². The predicted molar refractivity (Wildman–Crippen MR) is 100 cm³/mol. The van der Waals surface area contributed by atoms with Gasteiger partial charge in [-0.25, -0.2) is 0 Å². The van der Waals surface area contributed by atoms with Crippen molar-refractivity contribution >= 4 is 11.8 Å². The fourth-order valence-electron chi connectivity index (χ4n) is 3.59. The summed E-state index contributed by atoms with van der Waals surface area (Å²) in [6, 6.07) is 14.8. The molecule has 0 bridgehead atoms. The highest BCUT2D eigenvalue weighted by atomic mass is 16.3. The Kier molecular flexibility index (Phi) is 4.54. The average molecular weight is 363 g/mol. The SMILES string of the molecule is C[C@@H](NC(=O)c1ccoc1)C(=O)N1CCn2cccc2[C@@H]1c1ccccc1. The zero-order valence-electron chi connectivity index (χ0n) is 15.0. The van der Waals surface area contributed by atoms with Gasteiger partial charge in [-0.15, -0.1) is 0 Å². The number of benzene rings is 1. The van der Waals surface area contributed by atoms with Crippen molar-refractivity contribution < 1.29 is 14.0 Å². The molecule has 0 saturated heterocycles. The molecule has 1 aromatic carbocycles. The third kappa shape index (κ3) is 3.26. The van der Waals surface area contributed by atoms with Crippen molar-refractivity contribution in [2.24, 2.45) is 0 Å². The van der Waals surface area contributed by atoms with Gasteiger partial charge >= 0.3 is 0 Å². The molecule has 27 heavy (non-hydrogen) atoms. The summed E-state index contributed by atoms with van der Waals surface area (Å²) in [6.07, 6.45) is 4.84. The van der Waals surface area contributed by atoms with Gasteiger partial charge in [0.25, 0.3) is 5.91 Å². The second-order valence-corrected chi connectivity index (χ2v) is 6.68. The molecule has 0 radical (unpaired) electrons. The lowest BCUT2D eigenvalue weighted by Gasteiger charge is -2.38. The Hall–Kier alpha value is -3.28. The van der Waals surface area contributed by atoms with Crippen molar-refractivity contribution in [2.45, 2.75) is 25.6 Å². The van der Waals surface area contributed by atoms with Gasteiger partial charge in [-0.1, -0.05) is 30.3 Å². The first-order chi connectivity index (χ1) is 13.1. The molecule has 4 rings (SSSR count). The first kappa shape index (κ1) is 17.1. The van der Waals surface area contributed by atoms with E-state index in [1.165, 1.54) is 12.5 Å². The maximum atomic E-state index is 13.2. The molecule has 1 N–H and O–H groups in total. The smallest absolute Gasteiger partial charge is 0.255 e. The molecular weight excluding hydrogens is 342 g/mol. The summed E-state index contributed by atoms with van der Waals surface area (Å²) in [5.41, 5.74) is 2.54. The van der Waals surface area contributed by atoms with E-state index >= 15 is 0 Å². The lowest BCUT2D eigenvalue weighted by Crippen LogP contribution is -2.51. The highest BCUT2D eigenvalue weighted by Crippen LogP contribution is 2.32. The summed E-state index contributed by atoms with van der Waals surface area (Å²) in [5, 5.41) is 2.77. The molecule has 0 fully saturated rings. The molecule has 2 amide bonds. The summed E-state index contributed by atoms with van der Waals surface area (Å²) >= 11 is 0. The normalized spacial score (nSPS) is 17.2. The molecule has 3 aromatic rings. The van der Waals surface area contributed by atoms with Crippen LogP contribution in [0.25, 0.3) is 0 Å². The number of rotatable bonds is 4. The van der Waals surface area contributed by atoms with Crippen molar-refractivity contribution in [1.82, 2.24) is 14.8 Å². The van der Waals surface area contributed by atoms with Gasteiger partial charge in [0.1, 0.15) is 12.3 Å². The zero-order valence-corrected chi connectivity index (χ0v) is 15.0. The second kappa shape index (κ2) is 7.15. The number of furan rings is 1. The number of nitrogens with one attached hydrogen (secondary N) is 1. The Balaban J connectivity index is 1.59. The minimum absolute atomic E-state index is 0.104. The topological polar surface area (TPSA) is 67.5 Å². The number of carbonyl (C=O) groups excluding carboxylic acids is 2. The Labute approximate surface area is 157 Å². The number of aromatic nitrogens is 1. The summed E-state index contributed by atoms with van der Waals surface area (Å²) in [4.78, 5) is 27.3. The third-order valence-electron chi connectivity index (χ3n) is 4.94. The van der Waals surface area contributed by atoms with E-state index < -0.39 is 6.04 Å². The van der Waals surface area contributed by atoms with Crippen LogP contribution in [0.5, 0.6) is 0 Å². The molecule has 0 saturated carbocycles. The van der Waals surface area contributed by atoms with Gasteiger partial charge < -0.3 is 19.2 Å².